The predicted octanol–water partition coefficient (Wildman–Crippen LogP) is 4.50. The van der Waals surface area contributed by atoms with E-state index in [1.807, 2.05) is 19.1 Å². The fourth-order valence-corrected chi connectivity index (χ4v) is 2.72. The monoisotopic (exact) mass is 294 g/mol. The van der Waals surface area contributed by atoms with Gasteiger partial charge < -0.3 is 0 Å². The van der Waals surface area contributed by atoms with Gasteiger partial charge in [0.15, 0.2) is 5.03 Å². The van der Waals surface area contributed by atoms with E-state index in [1.54, 1.807) is 24.4 Å². The van der Waals surface area contributed by atoms with Crippen LogP contribution in [0.1, 0.15) is 17.7 Å². The summed E-state index contributed by atoms with van der Waals surface area (Å²) in [4.78, 5) is 14.6. The maximum atomic E-state index is 10.9. The van der Waals surface area contributed by atoms with Gasteiger partial charge in [0.25, 0.3) is 0 Å². The van der Waals surface area contributed by atoms with Gasteiger partial charge in [-0.1, -0.05) is 35.5 Å². The van der Waals surface area contributed by atoms with E-state index in [0.29, 0.717) is 10.0 Å². The van der Waals surface area contributed by atoms with Crippen molar-refractivity contribution in [2.24, 2.45) is 0 Å². The number of hydrogen-bond donors (Lipinski definition) is 0. The molecule has 19 heavy (non-hydrogen) atoms. The second-order valence-corrected chi connectivity index (χ2v) is 5.66. The number of pyridine rings is 1. The molecular weight excluding hydrogens is 284 g/mol. The standard InChI is InChI=1S/C13H11ClN2O2S/c1-9(10-4-6-11(14)7-5-10)19-13-12(16(17)18)3-2-8-15-13/h2-9H,1H3. The van der Waals surface area contributed by atoms with Gasteiger partial charge in [0, 0.05) is 22.5 Å². The molecule has 1 aromatic heterocycles. The highest BCUT2D eigenvalue weighted by Gasteiger charge is 2.18. The zero-order chi connectivity index (χ0) is 13.8. The van der Waals surface area contributed by atoms with Gasteiger partial charge in [0.05, 0.1) is 4.92 Å². The normalized spacial score (nSPS) is 12.1. The third-order valence-corrected chi connectivity index (χ3v) is 3.99. The molecule has 6 heteroatoms. The Balaban J connectivity index is 2.21. The number of aromatic nitrogens is 1. The van der Waals surface area contributed by atoms with Gasteiger partial charge in [-0.2, -0.15) is 0 Å². The molecule has 0 N–H and O–H groups in total. The lowest BCUT2D eigenvalue weighted by Gasteiger charge is -2.11. The van der Waals surface area contributed by atoms with Crippen molar-refractivity contribution in [2.75, 3.05) is 0 Å². The number of hydrogen-bond acceptors (Lipinski definition) is 4. The van der Waals surface area contributed by atoms with Crippen molar-refractivity contribution in [3.8, 4) is 0 Å². The highest BCUT2D eigenvalue weighted by atomic mass is 35.5. The molecule has 2 aromatic rings. The highest BCUT2D eigenvalue weighted by Crippen LogP contribution is 2.38. The van der Waals surface area contributed by atoms with Crippen LogP contribution in [0.4, 0.5) is 5.69 Å². The molecule has 0 amide bonds. The Morgan fingerprint density at radius 3 is 2.63 bits per heavy atom. The first kappa shape index (κ1) is 13.8. The molecule has 0 saturated heterocycles. The van der Waals surface area contributed by atoms with Gasteiger partial charge in [-0.15, -0.1) is 0 Å². The molecule has 0 spiro atoms. The molecule has 1 aromatic carbocycles. The van der Waals surface area contributed by atoms with E-state index < -0.39 is 4.92 Å². The average molecular weight is 295 g/mol. The minimum Gasteiger partial charge on any atom is -0.258 e. The van der Waals surface area contributed by atoms with E-state index in [0.717, 1.165) is 5.56 Å². The summed E-state index contributed by atoms with van der Waals surface area (Å²) in [6.45, 7) is 1.98. The number of benzene rings is 1. The Labute approximate surface area is 120 Å². The Morgan fingerprint density at radius 2 is 2.00 bits per heavy atom. The molecule has 1 atom stereocenters. The van der Waals surface area contributed by atoms with Gasteiger partial charge in [-0.05, 0) is 30.7 Å². The molecule has 2 rings (SSSR count). The largest absolute Gasteiger partial charge is 0.301 e. The Hall–Kier alpha value is -1.59. The van der Waals surface area contributed by atoms with Crippen LogP contribution in [0.3, 0.4) is 0 Å². The Bertz CT molecular complexity index is 589. The summed E-state index contributed by atoms with van der Waals surface area (Å²) >= 11 is 7.20. The minimum atomic E-state index is -0.413. The lowest BCUT2D eigenvalue weighted by Crippen LogP contribution is -1.95. The van der Waals surface area contributed by atoms with Crippen LogP contribution in [0.2, 0.25) is 5.02 Å². The van der Waals surface area contributed by atoms with Crippen molar-refractivity contribution in [1.29, 1.82) is 0 Å². The second kappa shape index (κ2) is 6.04. The van der Waals surface area contributed by atoms with Gasteiger partial charge in [-0.25, -0.2) is 4.98 Å². The van der Waals surface area contributed by atoms with Crippen molar-refractivity contribution in [2.45, 2.75) is 17.2 Å². The third kappa shape index (κ3) is 3.45. The van der Waals surface area contributed by atoms with Crippen LogP contribution in [0.15, 0.2) is 47.6 Å². The van der Waals surface area contributed by atoms with Crippen LogP contribution in [0, 0.1) is 10.1 Å². The summed E-state index contributed by atoms with van der Waals surface area (Å²) in [5.74, 6) is 0. The lowest BCUT2D eigenvalue weighted by atomic mass is 10.2. The van der Waals surface area contributed by atoms with Crippen molar-refractivity contribution in [1.82, 2.24) is 4.98 Å². The zero-order valence-electron chi connectivity index (χ0n) is 10.1. The molecule has 0 radical (unpaired) electrons. The van der Waals surface area contributed by atoms with Gasteiger partial charge in [-0.3, -0.25) is 10.1 Å². The number of rotatable bonds is 4. The second-order valence-electron chi connectivity index (χ2n) is 3.90. The average Bonchev–Trinajstić information content (AvgIpc) is 2.39. The smallest absolute Gasteiger partial charge is 0.258 e. The number of nitrogens with zero attached hydrogens (tertiary/aromatic N) is 2. The molecule has 0 aliphatic carbocycles. The maximum absolute atomic E-state index is 10.9. The van der Waals surface area contributed by atoms with Crippen LogP contribution in [0.5, 0.6) is 0 Å². The van der Waals surface area contributed by atoms with Crippen LogP contribution >= 0.6 is 23.4 Å². The summed E-state index contributed by atoms with van der Waals surface area (Å²) in [5, 5.41) is 12.1. The van der Waals surface area contributed by atoms with Gasteiger partial charge in [0.2, 0.25) is 0 Å². The highest BCUT2D eigenvalue weighted by molar-refractivity contribution is 7.99. The summed E-state index contributed by atoms with van der Waals surface area (Å²) < 4.78 is 0. The van der Waals surface area contributed by atoms with Crippen molar-refractivity contribution >= 4 is 29.1 Å². The van der Waals surface area contributed by atoms with E-state index in [9.17, 15) is 10.1 Å². The predicted molar refractivity (Wildman–Crippen MR) is 76.6 cm³/mol. The summed E-state index contributed by atoms with van der Waals surface area (Å²) in [6, 6.07) is 10.5. The molecule has 0 aliphatic heterocycles. The fourth-order valence-electron chi connectivity index (χ4n) is 1.58. The van der Waals surface area contributed by atoms with Crippen LogP contribution in [0.25, 0.3) is 0 Å². The van der Waals surface area contributed by atoms with E-state index in [-0.39, 0.29) is 10.9 Å². The topological polar surface area (TPSA) is 56.0 Å². The van der Waals surface area contributed by atoms with Gasteiger partial charge >= 0.3 is 5.69 Å². The molecule has 98 valence electrons. The van der Waals surface area contributed by atoms with Crippen LogP contribution < -0.4 is 0 Å². The number of halogens is 1. The van der Waals surface area contributed by atoms with E-state index in [1.165, 1.54) is 17.8 Å². The summed E-state index contributed by atoms with van der Waals surface area (Å²) in [6.07, 6.45) is 1.56. The molecule has 0 aliphatic rings. The van der Waals surface area contributed by atoms with Crippen molar-refractivity contribution < 1.29 is 4.92 Å². The SMILES string of the molecule is CC(Sc1ncccc1[N+](=O)[O-])c1ccc(Cl)cc1. The molecule has 1 heterocycles. The van der Waals surface area contributed by atoms with E-state index >= 15 is 0 Å². The first-order chi connectivity index (χ1) is 9.08. The third-order valence-electron chi connectivity index (χ3n) is 2.58. The molecule has 0 bridgehead atoms. The number of thioether (sulfide) groups is 1. The van der Waals surface area contributed by atoms with Crippen LogP contribution in [-0.4, -0.2) is 9.91 Å². The van der Waals surface area contributed by atoms with Crippen molar-refractivity contribution in [3.05, 3.63) is 63.3 Å². The molecule has 0 fully saturated rings. The summed E-state index contributed by atoms with van der Waals surface area (Å²) in [7, 11) is 0. The quantitative estimate of drug-likeness (QED) is 0.473. The van der Waals surface area contributed by atoms with Crippen molar-refractivity contribution in [3.63, 3.8) is 0 Å². The molecule has 4 nitrogen and oxygen atoms in total. The fraction of sp³-hybridized carbons (Fsp3) is 0.154. The molecule has 1 unspecified atom stereocenters. The zero-order valence-corrected chi connectivity index (χ0v) is 11.7. The maximum Gasteiger partial charge on any atom is 0.301 e. The van der Waals surface area contributed by atoms with Gasteiger partial charge in [0.1, 0.15) is 0 Å². The van der Waals surface area contributed by atoms with E-state index in [2.05, 4.69) is 4.98 Å². The number of nitro groups is 1. The Kier molecular flexibility index (Phi) is 4.39. The van der Waals surface area contributed by atoms with Crippen LogP contribution in [-0.2, 0) is 0 Å². The first-order valence-corrected chi connectivity index (χ1v) is 6.85. The van der Waals surface area contributed by atoms with E-state index in [4.69, 9.17) is 11.6 Å². The lowest BCUT2D eigenvalue weighted by molar-refractivity contribution is -0.388. The Morgan fingerprint density at radius 1 is 1.32 bits per heavy atom. The first-order valence-electron chi connectivity index (χ1n) is 5.59. The summed E-state index contributed by atoms with van der Waals surface area (Å²) in [5.41, 5.74) is 1.09. The molecular formula is C13H11ClN2O2S. The minimum absolute atomic E-state index is 0.0355. The molecule has 0 saturated carbocycles.